The fraction of sp³-hybridized carbons (Fsp3) is 0.444. The summed E-state index contributed by atoms with van der Waals surface area (Å²) in [5.74, 6) is 5.85. The number of aryl methyl sites for hydroxylation is 1. The van der Waals surface area contributed by atoms with Crippen LogP contribution in [0, 0.1) is 11.8 Å². The Morgan fingerprint density at radius 2 is 2.50 bits per heavy atom. The second-order valence-corrected chi connectivity index (χ2v) is 2.46. The molecule has 0 atom stereocenters. The molecule has 3 heteroatoms. The van der Waals surface area contributed by atoms with Gasteiger partial charge in [0.1, 0.15) is 0 Å². The van der Waals surface area contributed by atoms with E-state index in [1.54, 1.807) is 12.5 Å². The number of hydrogen-bond donors (Lipinski definition) is 1. The molecule has 0 aromatic carbocycles. The van der Waals surface area contributed by atoms with Crippen LogP contribution in [0.1, 0.15) is 19.0 Å². The molecule has 0 aliphatic heterocycles. The molecule has 12 heavy (non-hydrogen) atoms. The van der Waals surface area contributed by atoms with E-state index in [2.05, 4.69) is 16.8 Å². The van der Waals surface area contributed by atoms with Crippen LogP contribution in [0.5, 0.6) is 0 Å². The minimum absolute atomic E-state index is 0.541. The highest BCUT2D eigenvalue weighted by molar-refractivity contribution is 5.00. The van der Waals surface area contributed by atoms with Gasteiger partial charge in [-0.15, -0.1) is 11.8 Å². The first-order valence-electron chi connectivity index (χ1n) is 3.97. The maximum absolute atomic E-state index is 5.50. The van der Waals surface area contributed by atoms with Gasteiger partial charge in [-0.3, -0.25) is 0 Å². The van der Waals surface area contributed by atoms with Crippen molar-refractivity contribution < 1.29 is 0 Å². The van der Waals surface area contributed by atoms with Crippen LogP contribution in [-0.4, -0.2) is 9.55 Å². The minimum Gasteiger partial charge on any atom is -0.332 e. The third-order valence-corrected chi connectivity index (χ3v) is 1.66. The smallest absolute Gasteiger partial charge is 0.0948 e. The maximum Gasteiger partial charge on any atom is 0.0948 e. The number of nitrogens with two attached hydrogens (primary N) is 1. The van der Waals surface area contributed by atoms with Crippen LogP contribution in [0.2, 0.25) is 0 Å². The number of rotatable bonds is 3. The fourth-order valence-electron chi connectivity index (χ4n) is 1.02. The van der Waals surface area contributed by atoms with E-state index >= 15 is 0 Å². The van der Waals surface area contributed by atoms with Gasteiger partial charge in [0.05, 0.1) is 12.0 Å². The molecule has 3 nitrogen and oxygen atoms in total. The average Bonchev–Trinajstić information content (AvgIpc) is 2.52. The first-order chi connectivity index (χ1) is 5.88. The summed E-state index contributed by atoms with van der Waals surface area (Å²) >= 11 is 0. The van der Waals surface area contributed by atoms with Gasteiger partial charge in [-0.2, -0.15) is 0 Å². The molecule has 1 heterocycles. The number of aromatic nitrogens is 2. The highest BCUT2D eigenvalue weighted by Crippen LogP contribution is 1.98. The molecule has 1 aromatic rings. The summed E-state index contributed by atoms with van der Waals surface area (Å²) in [5, 5.41) is 0. The standard InChI is InChI=1S/C9H13N3/c1-2-3-4-5-12-8-11-7-9(12)6-10/h7-8H,4-6,10H2,1H3. The van der Waals surface area contributed by atoms with Crippen molar-refractivity contribution in [2.24, 2.45) is 5.73 Å². The summed E-state index contributed by atoms with van der Waals surface area (Å²) in [6.07, 6.45) is 4.44. The molecule has 64 valence electrons. The largest absolute Gasteiger partial charge is 0.332 e. The lowest BCUT2D eigenvalue weighted by atomic mass is 10.4. The summed E-state index contributed by atoms with van der Waals surface area (Å²) in [6.45, 7) is 3.27. The Labute approximate surface area is 72.6 Å². The monoisotopic (exact) mass is 163 g/mol. The third-order valence-electron chi connectivity index (χ3n) is 1.66. The molecule has 0 aliphatic carbocycles. The average molecular weight is 163 g/mol. The van der Waals surface area contributed by atoms with Crippen molar-refractivity contribution in [3.63, 3.8) is 0 Å². The predicted molar refractivity (Wildman–Crippen MR) is 48.2 cm³/mol. The van der Waals surface area contributed by atoms with Crippen LogP contribution in [0.25, 0.3) is 0 Å². The Balaban J connectivity index is 2.54. The molecule has 0 spiro atoms. The zero-order chi connectivity index (χ0) is 8.81. The van der Waals surface area contributed by atoms with E-state index in [1.807, 2.05) is 11.5 Å². The molecule has 0 amide bonds. The van der Waals surface area contributed by atoms with E-state index in [1.165, 1.54) is 0 Å². The molecular formula is C9H13N3. The second-order valence-electron chi connectivity index (χ2n) is 2.46. The van der Waals surface area contributed by atoms with Crippen molar-refractivity contribution in [2.45, 2.75) is 26.4 Å². The fourth-order valence-corrected chi connectivity index (χ4v) is 1.02. The summed E-state index contributed by atoms with van der Waals surface area (Å²) in [7, 11) is 0. The Morgan fingerprint density at radius 3 is 3.17 bits per heavy atom. The van der Waals surface area contributed by atoms with Crippen LogP contribution in [0.4, 0.5) is 0 Å². The van der Waals surface area contributed by atoms with Gasteiger partial charge in [-0.1, -0.05) is 0 Å². The summed E-state index contributed by atoms with van der Waals surface area (Å²) in [6, 6.07) is 0. The normalized spacial score (nSPS) is 9.17. The molecule has 0 radical (unpaired) electrons. The SMILES string of the molecule is CC#CCCn1cncc1CN. The first kappa shape index (κ1) is 8.82. The van der Waals surface area contributed by atoms with Gasteiger partial charge in [0.2, 0.25) is 0 Å². The zero-order valence-electron chi connectivity index (χ0n) is 7.25. The van der Waals surface area contributed by atoms with Crippen molar-refractivity contribution in [1.82, 2.24) is 9.55 Å². The minimum atomic E-state index is 0.541. The number of imidazole rings is 1. The Hall–Kier alpha value is -1.27. The summed E-state index contributed by atoms with van der Waals surface area (Å²) in [4.78, 5) is 4.01. The first-order valence-corrected chi connectivity index (χ1v) is 3.97. The topological polar surface area (TPSA) is 43.8 Å². The van der Waals surface area contributed by atoms with Crippen molar-refractivity contribution in [2.75, 3.05) is 0 Å². The molecule has 0 aliphatic rings. The van der Waals surface area contributed by atoms with Crippen molar-refractivity contribution in [1.29, 1.82) is 0 Å². The van der Waals surface area contributed by atoms with Crippen molar-refractivity contribution in [3.05, 3.63) is 18.2 Å². The van der Waals surface area contributed by atoms with Gasteiger partial charge in [0, 0.05) is 25.7 Å². The van der Waals surface area contributed by atoms with Crippen LogP contribution < -0.4 is 5.73 Å². The molecule has 2 N–H and O–H groups in total. The molecular weight excluding hydrogens is 150 g/mol. The van der Waals surface area contributed by atoms with E-state index in [4.69, 9.17) is 5.73 Å². The summed E-state index contributed by atoms with van der Waals surface area (Å²) < 4.78 is 2.03. The number of hydrogen-bond acceptors (Lipinski definition) is 2. The van der Waals surface area contributed by atoms with E-state index in [0.717, 1.165) is 18.7 Å². The highest BCUT2D eigenvalue weighted by atomic mass is 15.0. The van der Waals surface area contributed by atoms with Crippen LogP contribution in [0.15, 0.2) is 12.5 Å². The zero-order valence-corrected chi connectivity index (χ0v) is 7.25. The van der Waals surface area contributed by atoms with Crippen LogP contribution in [-0.2, 0) is 13.1 Å². The lowest BCUT2D eigenvalue weighted by Gasteiger charge is -2.02. The molecule has 1 aromatic heterocycles. The third kappa shape index (κ3) is 2.11. The van der Waals surface area contributed by atoms with Crippen molar-refractivity contribution >= 4 is 0 Å². The van der Waals surface area contributed by atoms with E-state index in [0.29, 0.717) is 6.54 Å². The maximum atomic E-state index is 5.50. The van der Waals surface area contributed by atoms with Gasteiger partial charge in [-0.05, 0) is 6.92 Å². The van der Waals surface area contributed by atoms with E-state index in [-0.39, 0.29) is 0 Å². The van der Waals surface area contributed by atoms with Crippen molar-refractivity contribution in [3.8, 4) is 11.8 Å². The Kier molecular flexibility index (Phi) is 3.36. The van der Waals surface area contributed by atoms with E-state index < -0.39 is 0 Å². The highest BCUT2D eigenvalue weighted by Gasteiger charge is 1.96. The Morgan fingerprint density at radius 1 is 1.67 bits per heavy atom. The van der Waals surface area contributed by atoms with E-state index in [9.17, 15) is 0 Å². The van der Waals surface area contributed by atoms with Crippen LogP contribution in [0.3, 0.4) is 0 Å². The lowest BCUT2D eigenvalue weighted by molar-refractivity contribution is 0.678. The second kappa shape index (κ2) is 4.58. The van der Waals surface area contributed by atoms with Gasteiger partial charge in [0.15, 0.2) is 0 Å². The predicted octanol–water partition coefficient (Wildman–Crippen LogP) is 0.755. The molecule has 0 unspecified atom stereocenters. The van der Waals surface area contributed by atoms with Gasteiger partial charge >= 0.3 is 0 Å². The Bertz CT molecular complexity index is 290. The molecule has 0 fully saturated rings. The lowest BCUT2D eigenvalue weighted by Crippen LogP contribution is -2.06. The molecule has 0 bridgehead atoms. The molecule has 0 saturated heterocycles. The molecule has 0 saturated carbocycles. The van der Waals surface area contributed by atoms with Gasteiger partial charge < -0.3 is 10.3 Å². The quantitative estimate of drug-likeness (QED) is 0.668. The number of nitrogens with zero attached hydrogens (tertiary/aromatic N) is 2. The summed E-state index contributed by atoms with van der Waals surface area (Å²) in [5.41, 5.74) is 6.57. The molecule has 1 rings (SSSR count). The van der Waals surface area contributed by atoms with Gasteiger partial charge in [-0.25, -0.2) is 4.98 Å². The van der Waals surface area contributed by atoms with Gasteiger partial charge in [0.25, 0.3) is 0 Å². The van der Waals surface area contributed by atoms with Crippen LogP contribution >= 0.6 is 0 Å².